The highest BCUT2D eigenvalue weighted by Gasteiger charge is 2.43. The van der Waals surface area contributed by atoms with E-state index in [1.165, 1.54) is 0 Å². The lowest BCUT2D eigenvalue weighted by atomic mass is 10.1. The normalized spacial score (nSPS) is 14.3. The molecule has 33 heavy (non-hydrogen) atoms. The number of aryl methyl sites for hydroxylation is 2. The maximum absolute atomic E-state index is 12.7. The Morgan fingerprint density at radius 1 is 1.06 bits per heavy atom. The average Bonchev–Trinajstić information content (AvgIpc) is 2.72. The molecular formula is C22H22Cl2F3N3O3. The molecular weight excluding hydrogens is 482 g/mol. The van der Waals surface area contributed by atoms with Crippen molar-refractivity contribution in [3.63, 3.8) is 0 Å². The third-order valence-electron chi connectivity index (χ3n) is 5.10. The lowest BCUT2D eigenvalue weighted by Gasteiger charge is -2.37. The molecule has 178 valence electrons. The van der Waals surface area contributed by atoms with Crippen LogP contribution < -0.4 is 15.0 Å². The van der Waals surface area contributed by atoms with Gasteiger partial charge in [0, 0.05) is 31.2 Å². The lowest BCUT2D eigenvalue weighted by Crippen LogP contribution is -2.52. The zero-order valence-electron chi connectivity index (χ0n) is 17.9. The predicted octanol–water partition coefficient (Wildman–Crippen LogP) is 4.84. The van der Waals surface area contributed by atoms with Crippen molar-refractivity contribution in [2.24, 2.45) is 0 Å². The summed E-state index contributed by atoms with van der Waals surface area (Å²) < 4.78 is 43.7. The number of hydrogen-bond acceptors (Lipinski definition) is 4. The Bertz CT molecular complexity index is 1030. The Labute approximate surface area is 199 Å². The van der Waals surface area contributed by atoms with Gasteiger partial charge in [-0.05, 0) is 49.2 Å². The molecule has 1 N–H and O–H groups in total. The highest BCUT2D eigenvalue weighted by Crippen LogP contribution is 2.32. The monoisotopic (exact) mass is 503 g/mol. The van der Waals surface area contributed by atoms with Crippen LogP contribution in [0.2, 0.25) is 10.0 Å². The summed E-state index contributed by atoms with van der Waals surface area (Å²) in [5, 5.41) is 3.51. The van der Waals surface area contributed by atoms with E-state index < -0.39 is 18.0 Å². The summed E-state index contributed by atoms with van der Waals surface area (Å²) >= 11 is 12.3. The van der Waals surface area contributed by atoms with Crippen molar-refractivity contribution < 1.29 is 27.5 Å². The number of carbonyl (C=O) groups excluding carboxylic acids is 2. The first-order valence-electron chi connectivity index (χ1n) is 10.1. The Morgan fingerprint density at radius 3 is 2.33 bits per heavy atom. The van der Waals surface area contributed by atoms with Gasteiger partial charge in [-0.2, -0.15) is 13.2 Å². The van der Waals surface area contributed by atoms with E-state index in [1.54, 1.807) is 29.2 Å². The first-order valence-corrected chi connectivity index (χ1v) is 10.8. The smallest absolute Gasteiger partial charge is 0.471 e. The number of anilines is 2. The van der Waals surface area contributed by atoms with Crippen molar-refractivity contribution in [3.8, 4) is 5.75 Å². The molecule has 1 aliphatic heterocycles. The molecule has 1 saturated heterocycles. The number of rotatable bonds is 5. The van der Waals surface area contributed by atoms with Gasteiger partial charge in [0.25, 0.3) is 5.91 Å². The number of benzene rings is 2. The molecule has 11 heteroatoms. The van der Waals surface area contributed by atoms with Gasteiger partial charge in [0.15, 0.2) is 6.61 Å². The number of ether oxygens (including phenoxy) is 1. The minimum atomic E-state index is -4.90. The molecule has 2 amide bonds. The Morgan fingerprint density at radius 2 is 1.73 bits per heavy atom. The van der Waals surface area contributed by atoms with Gasteiger partial charge in [-0.15, -0.1) is 0 Å². The average molecular weight is 504 g/mol. The van der Waals surface area contributed by atoms with Crippen LogP contribution in [0.25, 0.3) is 0 Å². The van der Waals surface area contributed by atoms with Gasteiger partial charge < -0.3 is 19.9 Å². The number of carbonyl (C=O) groups is 2. The van der Waals surface area contributed by atoms with Gasteiger partial charge in [0.2, 0.25) is 0 Å². The quantitative estimate of drug-likeness (QED) is 0.634. The van der Waals surface area contributed by atoms with Gasteiger partial charge in [-0.1, -0.05) is 29.3 Å². The van der Waals surface area contributed by atoms with E-state index >= 15 is 0 Å². The summed E-state index contributed by atoms with van der Waals surface area (Å²) in [4.78, 5) is 26.6. The highest BCUT2D eigenvalue weighted by atomic mass is 35.5. The topological polar surface area (TPSA) is 61.9 Å². The third-order valence-corrected chi connectivity index (χ3v) is 5.62. The minimum absolute atomic E-state index is 0.0946. The van der Waals surface area contributed by atoms with Crippen LogP contribution in [0.4, 0.5) is 24.5 Å². The summed E-state index contributed by atoms with van der Waals surface area (Å²) in [5.41, 5.74) is 2.73. The van der Waals surface area contributed by atoms with Crippen molar-refractivity contribution in [1.29, 1.82) is 0 Å². The number of nitrogens with zero attached hydrogens (tertiary/aromatic N) is 2. The molecule has 0 bridgehead atoms. The number of nitrogens with one attached hydrogen (secondary N) is 1. The van der Waals surface area contributed by atoms with Gasteiger partial charge in [0.05, 0.1) is 16.4 Å². The number of piperazine rings is 1. The van der Waals surface area contributed by atoms with E-state index in [4.69, 9.17) is 27.9 Å². The van der Waals surface area contributed by atoms with Crippen LogP contribution in [-0.2, 0) is 9.59 Å². The zero-order valence-corrected chi connectivity index (χ0v) is 19.4. The van der Waals surface area contributed by atoms with E-state index in [0.717, 1.165) is 16.0 Å². The summed E-state index contributed by atoms with van der Waals surface area (Å²) in [5.74, 6) is -1.90. The number of amides is 2. The van der Waals surface area contributed by atoms with E-state index in [0.29, 0.717) is 27.2 Å². The molecule has 6 nitrogen and oxygen atoms in total. The summed E-state index contributed by atoms with van der Waals surface area (Å²) in [7, 11) is 0. The highest BCUT2D eigenvalue weighted by molar-refractivity contribution is 6.32. The van der Waals surface area contributed by atoms with Crippen LogP contribution in [-0.4, -0.2) is 55.7 Å². The maximum Gasteiger partial charge on any atom is 0.471 e. The van der Waals surface area contributed by atoms with Crippen molar-refractivity contribution >= 4 is 46.4 Å². The van der Waals surface area contributed by atoms with Crippen LogP contribution in [0.15, 0.2) is 30.3 Å². The molecule has 1 aliphatic rings. The molecule has 1 fully saturated rings. The van der Waals surface area contributed by atoms with Crippen LogP contribution in [0.5, 0.6) is 5.75 Å². The summed E-state index contributed by atoms with van der Waals surface area (Å²) in [6.07, 6.45) is -4.90. The van der Waals surface area contributed by atoms with E-state index in [2.05, 4.69) is 5.32 Å². The van der Waals surface area contributed by atoms with E-state index in [-0.39, 0.29) is 32.8 Å². The van der Waals surface area contributed by atoms with Crippen LogP contribution >= 0.6 is 23.2 Å². The first-order chi connectivity index (χ1) is 15.5. The van der Waals surface area contributed by atoms with E-state index in [9.17, 15) is 22.8 Å². The van der Waals surface area contributed by atoms with Crippen molar-refractivity contribution in [3.05, 3.63) is 51.5 Å². The molecule has 2 aromatic rings. The fourth-order valence-corrected chi connectivity index (χ4v) is 4.17. The molecule has 0 radical (unpaired) electrons. The van der Waals surface area contributed by atoms with Crippen molar-refractivity contribution in [2.75, 3.05) is 43.0 Å². The minimum Gasteiger partial charge on any atom is -0.482 e. The molecule has 0 saturated carbocycles. The van der Waals surface area contributed by atoms with Crippen LogP contribution in [0.3, 0.4) is 0 Å². The molecule has 2 aromatic carbocycles. The molecule has 0 atom stereocenters. The first kappa shape index (κ1) is 25.0. The van der Waals surface area contributed by atoms with Gasteiger partial charge in [-0.3, -0.25) is 9.59 Å². The summed E-state index contributed by atoms with van der Waals surface area (Å²) in [6, 6.07) is 8.45. The number of hydrogen-bond donors (Lipinski definition) is 1. The molecule has 3 rings (SSSR count). The second-order valence-corrected chi connectivity index (χ2v) is 8.51. The van der Waals surface area contributed by atoms with Crippen LogP contribution in [0.1, 0.15) is 11.1 Å². The fourth-order valence-electron chi connectivity index (χ4n) is 3.62. The zero-order chi connectivity index (χ0) is 24.3. The predicted molar refractivity (Wildman–Crippen MR) is 121 cm³/mol. The molecule has 0 unspecified atom stereocenters. The van der Waals surface area contributed by atoms with E-state index in [1.807, 2.05) is 19.9 Å². The van der Waals surface area contributed by atoms with Gasteiger partial charge in [-0.25, -0.2) is 0 Å². The fraction of sp³-hybridized carbons (Fsp3) is 0.364. The van der Waals surface area contributed by atoms with Gasteiger partial charge in [0.1, 0.15) is 5.75 Å². The number of halogens is 5. The third kappa shape index (κ3) is 6.23. The Balaban J connectivity index is 1.67. The molecule has 0 spiro atoms. The SMILES string of the molecule is Cc1cc(C)c(OCC(=O)Nc2cc(Cl)ccc2N2CCN(C(=O)C(F)(F)F)CC2)c(Cl)c1. The molecule has 0 aromatic heterocycles. The van der Waals surface area contributed by atoms with Gasteiger partial charge >= 0.3 is 12.1 Å². The largest absolute Gasteiger partial charge is 0.482 e. The van der Waals surface area contributed by atoms with Crippen molar-refractivity contribution in [2.45, 2.75) is 20.0 Å². The second-order valence-electron chi connectivity index (χ2n) is 7.67. The standard InChI is InChI=1S/C22H22Cl2F3N3O3/c1-13-9-14(2)20(16(24)10-13)33-12-19(31)28-17-11-15(23)3-4-18(17)29-5-7-30(8-6-29)21(32)22(25,26)27/h3-4,9-11H,5-8,12H2,1-2H3,(H,28,31). The Hall–Kier alpha value is -2.65. The maximum atomic E-state index is 12.7. The Kier molecular flexibility index (Phi) is 7.64. The van der Waals surface area contributed by atoms with Crippen molar-refractivity contribution in [1.82, 2.24) is 4.90 Å². The molecule has 0 aliphatic carbocycles. The number of alkyl halides is 3. The summed E-state index contributed by atoms with van der Waals surface area (Å²) in [6.45, 7) is 3.57. The lowest BCUT2D eigenvalue weighted by molar-refractivity contribution is -0.185. The van der Waals surface area contributed by atoms with Crippen LogP contribution in [0, 0.1) is 13.8 Å². The second kappa shape index (κ2) is 10.1. The molecule has 1 heterocycles.